The van der Waals surface area contributed by atoms with Crippen molar-refractivity contribution in [2.24, 2.45) is 0 Å². The normalized spacial score (nSPS) is 11.4. The molecule has 1 unspecified atom stereocenters. The Morgan fingerprint density at radius 3 is 2.12 bits per heavy atom. The van der Waals surface area contributed by atoms with E-state index >= 15 is 0 Å². The third kappa shape index (κ3) is 6.01. The zero-order chi connectivity index (χ0) is 23.1. The van der Waals surface area contributed by atoms with Crippen molar-refractivity contribution in [2.45, 2.75) is 19.4 Å². The van der Waals surface area contributed by atoms with Gasteiger partial charge in [-0.15, -0.1) is 0 Å². The smallest absolute Gasteiger partial charge is 0.338 e. The molecule has 0 radical (unpaired) electrons. The molecule has 0 aliphatic heterocycles. The molecule has 0 amide bonds. The molecule has 1 atom stereocenters. The Kier molecular flexibility index (Phi) is 7.72. The van der Waals surface area contributed by atoms with Gasteiger partial charge in [0.05, 0.1) is 23.1 Å². The van der Waals surface area contributed by atoms with Crippen molar-refractivity contribution in [3.05, 3.63) is 104 Å². The largest absolute Gasteiger partial charge is 0.462 e. The van der Waals surface area contributed by atoms with E-state index in [0.29, 0.717) is 17.7 Å². The number of hydrogen-bond acceptors (Lipinski definition) is 6. The summed E-state index contributed by atoms with van der Waals surface area (Å²) < 4.78 is 5.92. The molecule has 0 saturated heterocycles. The second kappa shape index (κ2) is 10.7. The van der Waals surface area contributed by atoms with Crippen LogP contribution in [0.4, 0.5) is 11.4 Å². The van der Waals surface area contributed by atoms with Gasteiger partial charge in [-0.25, -0.2) is 4.79 Å². The maximum absolute atomic E-state index is 12.9. The Hall–Kier alpha value is -3.52. The number of hydrogen-bond donors (Lipinski definition) is 1. The topological polar surface area (TPSA) is 98.5 Å². The molecule has 0 saturated carbocycles. The molecule has 0 fully saturated rings. The molecule has 7 nitrogen and oxygen atoms in total. The minimum absolute atomic E-state index is 0.0641. The van der Waals surface area contributed by atoms with Crippen LogP contribution < -0.4 is 5.32 Å². The van der Waals surface area contributed by atoms with Crippen molar-refractivity contribution < 1.29 is 19.2 Å². The van der Waals surface area contributed by atoms with Crippen molar-refractivity contribution in [3.8, 4) is 0 Å². The molecular weight excluding hydrogens is 476 g/mol. The van der Waals surface area contributed by atoms with Crippen LogP contribution in [0, 0.1) is 10.1 Å². The number of anilines is 1. The maximum Gasteiger partial charge on any atom is 0.338 e. The minimum atomic E-state index is -0.500. The highest BCUT2D eigenvalue weighted by molar-refractivity contribution is 9.10. The third-order valence-corrected chi connectivity index (χ3v) is 5.33. The van der Waals surface area contributed by atoms with E-state index < -0.39 is 10.9 Å². The highest BCUT2D eigenvalue weighted by Gasteiger charge is 2.19. The number of non-ortho nitro benzene ring substituents is 1. The van der Waals surface area contributed by atoms with Crippen molar-refractivity contribution in [2.75, 3.05) is 11.9 Å². The van der Waals surface area contributed by atoms with Gasteiger partial charge in [-0.3, -0.25) is 14.9 Å². The zero-order valence-corrected chi connectivity index (χ0v) is 18.9. The molecule has 3 aromatic carbocycles. The number of esters is 1. The van der Waals surface area contributed by atoms with Crippen molar-refractivity contribution >= 4 is 39.1 Å². The van der Waals surface area contributed by atoms with Crippen LogP contribution in [0.3, 0.4) is 0 Å². The number of nitro benzene ring substituents is 1. The summed E-state index contributed by atoms with van der Waals surface area (Å²) in [6, 6.07) is 19.7. The van der Waals surface area contributed by atoms with Crippen molar-refractivity contribution in [3.63, 3.8) is 0 Å². The predicted molar refractivity (Wildman–Crippen MR) is 125 cm³/mol. The fourth-order valence-electron chi connectivity index (χ4n) is 3.14. The maximum atomic E-state index is 12.9. The Morgan fingerprint density at radius 2 is 1.56 bits per heavy atom. The van der Waals surface area contributed by atoms with E-state index in [9.17, 15) is 19.7 Å². The van der Waals surface area contributed by atoms with Gasteiger partial charge in [0.2, 0.25) is 0 Å². The first-order chi connectivity index (χ1) is 15.4. The van der Waals surface area contributed by atoms with Gasteiger partial charge in [-0.2, -0.15) is 0 Å². The van der Waals surface area contributed by atoms with Gasteiger partial charge >= 0.3 is 5.97 Å². The SMILES string of the molecule is CCOC(=O)c1ccc(NC(CC(=O)c2ccc([N+](=O)[O-])cc2)c2ccc(Br)cc2)cc1. The molecule has 8 heteroatoms. The van der Waals surface area contributed by atoms with Crippen LogP contribution in [-0.2, 0) is 4.74 Å². The van der Waals surface area contributed by atoms with Gasteiger partial charge in [0.15, 0.2) is 5.78 Å². The summed E-state index contributed by atoms with van der Waals surface area (Å²) in [5.74, 6) is -0.541. The van der Waals surface area contributed by atoms with Crippen LogP contribution in [0.2, 0.25) is 0 Å². The molecule has 32 heavy (non-hydrogen) atoms. The van der Waals surface area contributed by atoms with Gasteiger partial charge in [0.1, 0.15) is 0 Å². The highest BCUT2D eigenvalue weighted by atomic mass is 79.9. The highest BCUT2D eigenvalue weighted by Crippen LogP contribution is 2.27. The van der Waals surface area contributed by atoms with E-state index in [1.165, 1.54) is 24.3 Å². The Bertz CT molecular complexity index is 1100. The molecule has 0 aromatic heterocycles. The van der Waals surface area contributed by atoms with E-state index in [4.69, 9.17) is 4.74 Å². The van der Waals surface area contributed by atoms with Crippen LogP contribution >= 0.6 is 15.9 Å². The lowest BCUT2D eigenvalue weighted by atomic mass is 9.97. The van der Waals surface area contributed by atoms with Gasteiger partial charge in [-0.05, 0) is 61.0 Å². The van der Waals surface area contributed by atoms with Crippen molar-refractivity contribution in [1.29, 1.82) is 0 Å². The van der Waals surface area contributed by atoms with E-state index in [1.807, 2.05) is 24.3 Å². The summed E-state index contributed by atoms with van der Waals surface area (Å²) in [5.41, 5.74) is 2.42. The standard InChI is InChI=1S/C24H21BrN2O5/c1-2-32-24(29)18-5-11-20(12-6-18)26-22(16-3-9-19(25)10-4-16)15-23(28)17-7-13-21(14-8-17)27(30)31/h3-14,22,26H,2,15H2,1H3. The van der Waals surface area contributed by atoms with Crippen LogP contribution in [0.25, 0.3) is 0 Å². The number of nitrogens with zero attached hydrogens (tertiary/aromatic N) is 1. The van der Waals surface area contributed by atoms with Gasteiger partial charge < -0.3 is 10.1 Å². The summed E-state index contributed by atoms with van der Waals surface area (Å²) in [6.07, 6.45) is 0.138. The molecule has 164 valence electrons. The molecule has 0 bridgehead atoms. The molecule has 1 N–H and O–H groups in total. The molecule has 0 aliphatic carbocycles. The monoisotopic (exact) mass is 496 g/mol. The average Bonchev–Trinajstić information content (AvgIpc) is 2.80. The number of ketones is 1. The summed E-state index contributed by atoms with van der Waals surface area (Å²) in [6.45, 7) is 2.05. The first-order valence-electron chi connectivity index (χ1n) is 9.94. The molecule has 0 heterocycles. The van der Waals surface area contributed by atoms with E-state index in [2.05, 4.69) is 21.2 Å². The molecule has 3 rings (SSSR count). The lowest BCUT2D eigenvalue weighted by Crippen LogP contribution is -2.16. The Balaban J connectivity index is 1.81. The Labute approximate surface area is 193 Å². The minimum Gasteiger partial charge on any atom is -0.462 e. The number of Topliss-reactive ketones (excluding diaryl/α,β-unsaturated/α-hetero) is 1. The first-order valence-corrected chi connectivity index (χ1v) is 10.7. The van der Waals surface area contributed by atoms with E-state index in [0.717, 1.165) is 15.7 Å². The quantitative estimate of drug-likeness (QED) is 0.170. The summed E-state index contributed by atoms with van der Waals surface area (Å²) >= 11 is 3.42. The second-order valence-electron chi connectivity index (χ2n) is 6.98. The van der Waals surface area contributed by atoms with E-state index in [-0.39, 0.29) is 23.9 Å². The number of ether oxygens (including phenoxy) is 1. The number of halogens is 1. The lowest BCUT2D eigenvalue weighted by molar-refractivity contribution is -0.384. The molecule has 3 aromatic rings. The lowest BCUT2D eigenvalue weighted by Gasteiger charge is -2.20. The van der Waals surface area contributed by atoms with Gasteiger partial charge in [0, 0.05) is 34.3 Å². The number of nitro groups is 1. The second-order valence-corrected chi connectivity index (χ2v) is 7.89. The molecule has 0 spiro atoms. The predicted octanol–water partition coefficient (Wildman–Crippen LogP) is 5.96. The van der Waals surface area contributed by atoms with Crippen LogP contribution in [-0.4, -0.2) is 23.3 Å². The van der Waals surface area contributed by atoms with Gasteiger partial charge in [0.25, 0.3) is 5.69 Å². The van der Waals surface area contributed by atoms with Gasteiger partial charge in [-0.1, -0.05) is 28.1 Å². The first kappa shape index (κ1) is 23.1. The van der Waals surface area contributed by atoms with Crippen LogP contribution in [0.5, 0.6) is 0 Å². The third-order valence-electron chi connectivity index (χ3n) is 4.80. The molecule has 0 aliphatic rings. The number of benzene rings is 3. The molecular formula is C24H21BrN2O5. The van der Waals surface area contributed by atoms with Crippen molar-refractivity contribution in [1.82, 2.24) is 0 Å². The number of rotatable bonds is 9. The number of carbonyl (C=O) groups is 2. The summed E-state index contributed by atoms with van der Waals surface area (Å²) in [5, 5.41) is 14.2. The summed E-state index contributed by atoms with van der Waals surface area (Å²) in [4.78, 5) is 35.1. The average molecular weight is 497 g/mol. The fraction of sp³-hybridized carbons (Fsp3) is 0.167. The van der Waals surface area contributed by atoms with Crippen LogP contribution in [0.1, 0.15) is 45.7 Å². The number of nitrogens with one attached hydrogen (secondary N) is 1. The summed E-state index contributed by atoms with van der Waals surface area (Å²) in [7, 11) is 0. The van der Waals surface area contributed by atoms with E-state index in [1.54, 1.807) is 31.2 Å². The Morgan fingerprint density at radius 1 is 0.969 bits per heavy atom. The van der Waals surface area contributed by atoms with Crippen LogP contribution in [0.15, 0.2) is 77.3 Å². The fourth-order valence-corrected chi connectivity index (χ4v) is 3.40. The number of carbonyl (C=O) groups excluding carboxylic acids is 2. The zero-order valence-electron chi connectivity index (χ0n) is 17.3.